The second-order valence-electron chi connectivity index (χ2n) is 5.67. The Morgan fingerprint density at radius 3 is 2.67 bits per heavy atom. The smallest absolute Gasteiger partial charge is 0.0827 e. The van der Waals surface area contributed by atoms with Crippen molar-refractivity contribution < 1.29 is 9.84 Å². The van der Waals surface area contributed by atoms with Crippen LogP contribution in [-0.4, -0.2) is 11.7 Å². The van der Waals surface area contributed by atoms with E-state index in [1.807, 2.05) is 30.3 Å². The van der Waals surface area contributed by atoms with Gasteiger partial charge in [-0.05, 0) is 36.0 Å². The fourth-order valence-electron chi connectivity index (χ4n) is 3.05. The summed E-state index contributed by atoms with van der Waals surface area (Å²) in [6, 6.07) is 18.3. The van der Waals surface area contributed by atoms with Crippen LogP contribution in [0.3, 0.4) is 0 Å². The zero-order chi connectivity index (χ0) is 14.5. The number of benzene rings is 2. The first-order valence-electron chi connectivity index (χ1n) is 7.77. The topological polar surface area (TPSA) is 29.5 Å². The van der Waals surface area contributed by atoms with Crippen LogP contribution < -0.4 is 0 Å². The van der Waals surface area contributed by atoms with E-state index in [2.05, 4.69) is 24.3 Å². The Balaban J connectivity index is 1.55. The first-order valence-corrected chi connectivity index (χ1v) is 7.77. The molecule has 1 N–H and O–H groups in total. The molecule has 0 amide bonds. The molecule has 2 atom stereocenters. The number of fused-ring (bicyclic) bond motifs is 1. The van der Waals surface area contributed by atoms with Crippen molar-refractivity contribution in [3.8, 4) is 0 Å². The molecular weight excluding hydrogens is 260 g/mol. The van der Waals surface area contributed by atoms with E-state index in [-0.39, 0.29) is 6.10 Å². The van der Waals surface area contributed by atoms with Crippen molar-refractivity contribution in [3.05, 3.63) is 71.3 Å². The largest absolute Gasteiger partial charge is 0.388 e. The number of aliphatic hydroxyl groups is 1. The van der Waals surface area contributed by atoms with Crippen molar-refractivity contribution >= 4 is 0 Å². The molecule has 2 heteroatoms. The van der Waals surface area contributed by atoms with Gasteiger partial charge in [0.1, 0.15) is 0 Å². The molecule has 0 bridgehead atoms. The summed E-state index contributed by atoms with van der Waals surface area (Å²) in [7, 11) is 0. The van der Waals surface area contributed by atoms with Gasteiger partial charge in [0.2, 0.25) is 0 Å². The molecule has 0 aliphatic heterocycles. The van der Waals surface area contributed by atoms with Crippen molar-refractivity contribution in [2.75, 3.05) is 6.61 Å². The molecule has 110 valence electrons. The molecular formula is C19H22O2. The van der Waals surface area contributed by atoms with Gasteiger partial charge in [-0.25, -0.2) is 0 Å². The van der Waals surface area contributed by atoms with Crippen LogP contribution >= 0.6 is 0 Å². The fraction of sp³-hybridized carbons (Fsp3) is 0.368. The SMILES string of the molecule is OC(CCOC1CCCc2ccccc21)c1ccccc1. The molecule has 0 fully saturated rings. The highest BCUT2D eigenvalue weighted by Crippen LogP contribution is 2.32. The average Bonchev–Trinajstić information content (AvgIpc) is 2.56. The summed E-state index contributed by atoms with van der Waals surface area (Å²) in [6.07, 6.45) is 3.81. The van der Waals surface area contributed by atoms with Gasteiger partial charge in [0.05, 0.1) is 18.8 Å². The molecule has 2 aromatic rings. The zero-order valence-corrected chi connectivity index (χ0v) is 12.2. The van der Waals surface area contributed by atoms with Crippen molar-refractivity contribution in [1.29, 1.82) is 0 Å². The Kier molecular flexibility index (Phi) is 4.69. The Bertz CT molecular complexity index is 565. The van der Waals surface area contributed by atoms with E-state index in [0.717, 1.165) is 18.4 Å². The van der Waals surface area contributed by atoms with Crippen LogP contribution in [0.5, 0.6) is 0 Å². The highest BCUT2D eigenvalue weighted by Gasteiger charge is 2.20. The third-order valence-corrected chi connectivity index (χ3v) is 4.21. The lowest BCUT2D eigenvalue weighted by Gasteiger charge is -2.26. The zero-order valence-electron chi connectivity index (χ0n) is 12.2. The molecule has 2 aromatic carbocycles. The van der Waals surface area contributed by atoms with Crippen LogP contribution in [0.2, 0.25) is 0 Å². The number of hydrogen-bond acceptors (Lipinski definition) is 2. The molecule has 0 aromatic heterocycles. The Labute approximate surface area is 126 Å². The van der Waals surface area contributed by atoms with Gasteiger partial charge in [-0.1, -0.05) is 54.6 Å². The second-order valence-corrected chi connectivity index (χ2v) is 5.67. The van der Waals surface area contributed by atoms with E-state index in [9.17, 15) is 5.11 Å². The first-order chi connectivity index (χ1) is 10.3. The summed E-state index contributed by atoms with van der Waals surface area (Å²) in [5.41, 5.74) is 3.71. The monoisotopic (exact) mass is 282 g/mol. The van der Waals surface area contributed by atoms with E-state index in [1.165, 1.54) is 17.5 Å². The molecule has 3 rings (SSSR count). The second kappa shape index (κ2) is 6.88. The lowest BCUT2D eigenvalue weighted by molar-refractivity contribution is 0.0180. The maximum atomic E-state index is 10.2. The molecule has 1 aliphatic rings. The predicted molar refractivity (Wildman–Crippen MR) is 84.1 cm³/mol. The quantitative estimate of drug-likeness (QED) is 0.890. The van der Waals surface area contributed by atoms with Crippen molar-refractivity contribution in [2.45, 2.75) is 37.9 Å². The predicted octanol–water partition coefficient (Wildman–Crippen LogP) is 4.20. The third-order valence-electron chi connectivity index (χ3n) is 4.21. The number of hydrogen-bond donors (Lipinski definition) is 1. The van der Waals surface area contributed by atoms with Gasteiger partial charge >= 0.3 is 0 Å². The van der Waals surface area contributed by atoms with Crippen LogP contribution in [0.4, 0.5) is 0 Å². The van der Waals surface area contributed by atoms with Gasteiger partial charge in [-0.15, -0.1) is 0 Å². The third kappa shape index (κ3) is 3.52. The molecule has 21 heavy (non-hydrogen) atoms. The van der Waals surface area contributed by atoms with Gasteiger partial charge in [0, 0.05) is 6.42 Å². The van der Waals surface area contributed by atoms with Crippen molar-refractivity contribution in [1.82, 2.24) is 0 Å². The van der Waals surface area contributed by atoms with Crippen LogP contribution in [-0.2, 0) is 11.2 Å². The molecule has 0 heterocycles. The molecule has 0 radical (unpaired) electrons. The van der Waals surface area contributed by atoms with Gasteiger partial charge in [-0.3, -0.25) is 0 Å². The summed E-state index contributed by atoms with van der Waals surface area (Å²) in [5, 5.41) is 10.2. The van der Waals surface area contributed by atoms with E-state index in [1.54, 1.807) is 0 Å². The minimum absolute atomic E-state index is 0.193. The first kappa shape index (κ1) is 14.3. The standard InChI is InChI=1S/C19H22O2/c20-18(16-8-2-1-3-9-16)13-14-21-19-12-6-10-15-7-4-5-11-17(15)19/h1-5,7-9,11,18-20H,6,10,12-14H2. The molecule has 0 saturated carbocycles. The lowest BCUT2D eigenvalue weighted by Crippen LogP contribution is -2.14. The number of rotatable bonds is 5. The lowest BCUT2D eigenvalue weighted by atomic mass is 9.89. The summed E-state index contributed by atoms with van der Waals surface area (Å²) in [5.74, 6) is 0. The van der Waals surface area contributed by atoms with E-state index >= 15 is 0 Å². The van der Waals surface area contributed by atoms with E-state index in [0.29, 0.717) is 13.0 Å². The molecule has 1 aliphatic carbocycles. The van der Waals surface area contributed by atoms with Crippen molar-refractivity contribution in [3.63, 3.8) is 0 Å². The molecule has 2 unspecified atom stereocenters. The van der Waals surface area contributed by atoms with Crippen LogP contribution in [0.15, 0.2) is 54.6 Å². The Morgan fingerprint density at radius 2 is 1.81 bits per heavy atom. The minimum Gasteiger partial charge on any atom is -0.388 e. The molecule has 2 nitrogen and oxygen atoms in total. The van der Waals surface area contributed by atoms with Crippen molar-refractivity contribution in [2.24, 2.45) is 0 Å². The number of aliphatic hydroxyl groups excluding tert-OH is 1. The number of ether oxygens (including phenoxy) is 1. The molecule has 0 spiro atoms. The normalized spacial score (nSPS) is 19.0. The van der Waals surface area contributed by atoms with Crippen LogP contribution in [0, 0.1) is 0 Å². The van der Waals surface area contributed by atoms with Crippen LogP contribution in [0.1, 0.15) is 48.2 Å². The van der Waals surface area contributed by atoms with Gasteiger partial charge in [-0.2, -0.15) is 0 Å². The maximum Gasteiger partial charge on any atom is 0.0827 e. The summed E-state index contributed by atoms with van der Waals surface area (Å²) < 4.78 is 6.04. The highest BCUT2D eigenvalue weighted by atomic mass is 16.5. The van der Waals surface area contributed by atoms with Gasteiger partial charge in [0.25, 0.3) is 0 Å². The highest BCUT2D eigenvalue weighted by molar-refractivity contribution is 5.31. The van der Waals surface area contributed by atoms with Gasteiger partial charge in [0.15, 0.2) is 0 Å². The van der Waals surface area contributed by atoms with E-state index < -0.39 is 6.10 Å². The van der Waals surface area contributed by atoms with E-state index in [4.69, 9.17) is 4.74 Å². The van der Waals surface area contributed by atoms with Crippen LogP contribution in [0.25, 0.3) is 0 Å². The number of aryl methyl sites for hydroxylation is 1. The Morgan fingerprint density at radius 1 is 1.05 bits per heavy atom. The molecule has 0 saturated heterocycles. The summed E-state index contributed by atoms with van der Waals surface area (Å²) >= 11 is 0. The Hall–Kier alpha value is -1.64. The summed E-state index contributed by atoms with van der Waals surface area (Å²) in [4.78, 5) is 0. The average molecular weight is 282 g/mol. The summed E-state index contributed by atoms with van der Waals surface area (Å²) in [6.45, 7) is 0.592. The fourth-order valence-corrected chi connectivity index (χ4v) is 3.05. The minimum atomic E-state index is -0.440. The maximum absolute atomic E-state index is 10.2. The van der Waals surface area contributed by atoms with Gasteiger partial charge < -0.3 is 9.84 Å².